The summed E-state index contributed by atoms with van der Waals surface area (Å²) in [5, 5.41) is 14.6. The topological polar surface area (TPSA) is 190 Å². The molecule has 11 N–H and O–H groups in total. The van der Waals surface area contributed by atoms with E-state index in [1.54, 1.807) is 0 Å². The maximum atomic E-state index is 10.5. The summed E-state index contributed by atoms with van der Waals surface area (Å²) >= 11 is 0. The lowest BCUT2D eigenvalue weighted by Gasteiger charge is -2.63. The standard InChI is InChI=1S/C27H47N9O/c1-26-8-7-17(37)9-15(26)3-4-18-19-5-6-20(22-13-32-14-35-22)27(19,2)10-21(23(18)26)36-16(11-33-24(28)29)12-34-25(30)31/h13-21,23,36-37H,3-12H2,1-2H3,(H,32,35)(H4,28,29,33)(H4,30,31,34)/t15?,17-,18-,19-,20+,21+,23+,26-,27-/m0/s1. The van der Waals surface area contributed by atoms with Crippen LogP contribution in [0, 0.1) is 34.5 Å². The fourth-order valence-corrected chi connectivity index (χ4v) is 9.44. The van der Waals surface area contributed by atoms with E-state index in [0.29, 0.717) is 42.7 Å². The van der Waals surface area contributed by atoms with Crippen molar-refractivity contribution in [1.29, 1.82) is 0 Å². The van der Waals surface area contributed by atoms with Gasteiger partial charge in [-0.15, -0.1) is 0 Å². The first-order chi connectivity index (χ1) is 17.6. The van der Waals surface area contributed by atoms with Gasteiger partial charge in [0.25, 0.3) is 0 Å². The Labute approximate surface area is 220 Å². The lowest BCUT2D eigenvalue weighted by Crippen LogP contribution is -2.63. The number of aromatic nitrogens is 2. The van der Waals surface area contributed by atoms with Crippen LogP contribution in [0.5, 0.6) is 0 Å². The normalized spacial score (nSPS) is 40.9. The number of hydrogen-bond donors (Lipinski definition) is 7. The van der Waals surface area contributed by atoms with Crippen molar-refractivity contribution in [3.05, 3.63) is 18.2 Å². The minimum atomic E-state index is -0.164. The van der Waals surface area contributed by atoms with E-state index in [-0.39, 0.29) is 40.9 Å². The Morgan fingerprint density at radius 1 is 1.08 bits per heavy atom. The van der Waals surface area contributed by atoms with Gasteiger partial charge in [0.2, 0.25) is 0 Å². The van der Waals surface area contributed by atoms with Crippen LogP contribution >= 0.6 is 0 Å². The van der Waals surface area contributed by atoms with Gasteiger partial charge in [-0.05, 0) is 85.9 Å². The third kappa shape index (κ3) is 4.82. The number of nitrogens with two attached hydrogens (primary N) is 4. The van der Waals surface area contributed by atoms with E-state index in [1.807, 2.05) is 12.5 Å². The highest BCUT2D eigenvalue weighted by molar-refractivity contribution is 5.76. The van der Waals surface area contributed by atoms with E-state index in [0.717, 1.165) is 25.7 Å². The Hall–Kier alpha value is -2.33. The summed E-state index contributed by atoms with van der Waals surface area (Å²) < 4.78 is 0. The number of aliphatic imine (C=N–C) groups is 2. The van der Waals surface area contributed by atoms with E-state index in [4.69, 9.17) is 22.9 Å². The molecule has 4 aliphatic carbocycles. The second-order valence-corrected chi connectivity index (χ2v) is 12.9. The number of rotatable bonds is 7. The lowest BCUT2D eigenvalue weighted by atomic mass is 9.43. The fourth-order valence-electron chi connectivity index (χ4n) is 9.44. The Kier molecular flexibility index (Phi) is 7.17. The zero-order valence-corrected chi connectivity index (χ0v) is 22.4. The Morgan fingerprint density at radius 2 is 1.81 bits per heavy atom. The maximum absolute atomic E-state index is 10.5. The number of nitrogens with zero attached hydrogens (tertiary/aromatic N) is 3. The van der Waals surface area contributed by atoms with Gasteiger partial charge in [-0.1, -0.05) is 13.8 Å². The maximum Gasteiger partial charge on any atom is 0.185 e. The summed E-state index contributed by atoms with van der Waals surface area (Å²) in [4.78, 5) is 16.5. The average Bonchev–Trinajstić information content (AvgIpc) is 3.48. The van der Waals surface area contributed by atoms with Gasteiger partial charge < -0.3 is 38.3 Å². The molecular formula is C27H47N9O. The smallest absolute Gasteiger partial charge is 0.185 e. The van der Waals surface area contributed by atoms with E-state index in [1.165, 1.54) is 31.4 Å². The number of guanidine groups is 2. The summed E-state index contributed by atoms with van der Waals surface area (Å²) in [5.41, 5.74) is 24.4. The molecular weight excluding hydrogens is 466 g/mol. The minimum absolute atomic E-state index is 0.0693. The van der Waals surface area contributed by atoms with Gasteiger partial charge in [-0.25, -0.2) is 4.98 Å². The molecule has 4 saturated carbocycles. The van der Waals surface area contributed by atoms with E-state index < -0.39 is 0 Å². The quantitative estimate of drug-likeness (QED) is 0.211. The number of nitrogens with one attached hydrogen (secondary N) is 2. The third-order valence-corrected chi connectivity index (χ3v) is 10.9. The number of imidazole rings is 1. The Balaban J connectivity index is 1.51. The highest BCUT2D eigenvalue weighted by atomic mass is 16.3. The van der Waals surface area contributed by atoms with Crippen LogP contribution < -0.4 is 28.3 Å². The van der Waals surface area contributed by atoms with E-state index in [9.17, 15) is 5.11 Å². The predicted molar refractivity (Wildman–Crippen MR) is 147 cm³/mol. The van der Waals surface area contributed by atoms with Crippen LogP contribution in [0.2, 0.25) is 0 Å². The van der Waals surface area contributed by atoms with Crippen LogP contribution in [-0.2, 0) is 0 Å². The van der Waals surface area contributed by atoms with E-state index in [2.05, 4.69) is 39.1 Å². The van der Waals surface area contributed by atoms with Crippen molar-refractivity contribution in [3.63, 3.8) is 0 Å². The number of H-pyrrole nitrogens is 1. The molecule has 1 heterocycles. The van der Waals surface area contributed by atoms with Crippen molar-refractivity contribution >= 4 is 11.9 Å². The first-order valence-electron chi connectivity index (χ1n) is 14.1. The zero-order chi connectivity index (χ0) is 26.4. The number of aliphatic hydroxyl groups is 1. The van der Waals surface area contributed by atoms with Gasteiger partial charge in [-0.2, -0.15) is 0 Å². The molecule has 1 aromatic rings. The van der Waals surface area contributed by atoms with Crippen molar-refractivity contribution in [3.8, 4) is 0 Å². The highest BCUT2D eigenvalue weighted by Gasteiger charge is 2.63. The summed E-state index contributed by atoms with van der Waals surface area (Å²) in [6.07, 6.45) is 12.6. The highest BCUT2D eigenvalue weighted by Crippen LogP contribution is 2.68. The monoisotopic (exact) mass is 513 g/mol. The van der Waals surface area contributed by atoms with Crippen molar-refractivity contribution in [2.24, 2.45) is 67.4 Å². The first kappa shape index (κ1) is 26.3. The summed E-state index contributed by atoms with van der Waals surface area (Å²) in [6.45, 7) is 5.88. The van der Waals surface area contributed by atoms with Gasteiger partial charge in [0, 0.05) is 29.9 Å². The second-order valence-electron chi connectivity index (χ2n) is 12.9. The molecule has 0 amide bonds. The fraction of sp³-hybridized carbons (Fsp3) is 0.815. The molecule has 0 radical (unpaired) electrons. The molecule has 10 heteroatoms. The van der Waals surface area contributed by atoms with Crippen molar-refractivity contribution < 1.29 is 5.11 Å². The average molecular weight is 514 g/mol. The number of fused-ring (bicyclic) bond motifs is 5. The summed E-state index contributed by atoms with van der Waals surface area (Å²) in [5.74, 6) is 3.04. The zero-order valence-electron chi connectivity index (χ0n) is 22.4. The van der Waals surface area contributed by atoms with Crippen molar-refractivity contribution in [1.82, 2.24) is 15.3 Å². The largest absolute Gasteiger partial charge is 0.393 e. The summed E-state index contributed by atoms with van der Waals surface area (Å²) in [6, 6.07) is 0.214. The molecule has 0 saturated heterocycles. The molecule has 206 valence electrons. The van der Waals surface area contributed by atoms with Gasteiger partial charge >= 0.3 is 0 Å². The first-order valence-corrected chi connectivity index (χ1v) is 14.1. The number of hydrogen-bond acceptors (Lipinski definition) is 5. The number of aliphatic hydroxyl groups excluding tert-OH is 1. The van der Waals surface area contributed by atoms with Crippen LogP contribution in [0.4, 0.5) is 0 Å². The summed E-state index contributed by atoms with van der Waals surface area (Å²) in [7, 11) is 0. The molecule has 0 bridgehead atoms. The van der Waals surface area contributed by atoms with Gasteiger partial charge in [0.05, 0.1) is 25.5 Å². The lowest BCUT2D eigenvalue weighted by molar-refractivity contribution is -0.138. The third-order valence-electron chi connectivity index (χ3n) is 10.9. The van der Waals surface area contributed by atoms with Crippen LogP contribution in [-0.4, -0.2) is 58.3 Å². The van der Waals surface area contributed by atoms with Gasteiger partial charge in [-0.3, -0.25) is 9.98 Å². The molecule has 5 rings (SSSR count). The van der Waals surface area contributed by atoms with E-state index >= 15 is 0 Å². The minimum Gasteiger partial charge on any atom is -0.393 e. The van der Waals surface area contributed by atoms with Crippen LogP contribution in [0.15, 0.2) is 22.5 Å². The Bertz CT molecular complexity index is 968. The molecule has 1 unspecified atom stereocenters. The van der Waals surface area contributed by atoms with Crippen LogP contribution in [0.1, 0.15) is 76.8 Å². The molecule has 4 fully saturated rings. The molecule has 9 atom stereocenters. The molecule has 10 nitrogen and oxygen atoms in total. The van der Waals surface area contributed by atoms with Gasteiger partial charge in [0.15, 0.2) is 11.9 Å². The molecule has 4 aliphatic rings. The molecule has 0 aromatic carbocycles. The molecule has 37 heavy (non-hydrogen) atoms. The second kappa shape index (κ2) is 10.1. The SMILES string of the molecule is C[C@]12C[C@@H](NC(CN=C(N)N)CN=C(N)N)[C@H]3[C@@H](CCC4C[C@@H](O)CC[C@@]43C)[C@@H]1CC[C@@H]2c1cnc[nH]1. The van der Waals surface area contributed by atoms with Crippen LogP contribution in [0.3, 0.4) is 0 Å². The molecule has 0 spiro atoms. The van der Waals surface area contributed by atoms with Crippen molar-refractivity contribution in [2.75, 3.05) is 13.1 Å². The number of aromatic amines is 1. The van der Waals surface area contributed by atoms with Gasteiger partial charge in [0.1, 0.15) is 0 Å². The van der Waals surface area contributed by atoms with Crippen LogP contribution in [0.25, 0.3) is 0 Å². The molecule has 1 aromatic heterocycles. The molecule has 0 aliphatic heterocycles. The Morgan fingerprint density at radius 3 is 2.46 bits per heavy atom. The van der Waals surface area contributed by atoms with Crippen molar-refractivity contribution in [2.45, 2.75) is 89.3 Å². The predicted octanol–water partition coefficient (Wildman–Crippen LogP) is 1.38.